The van der Waals surface area contributed by atoms with E-state index in [1.165, 1.54) is 10.9 Å². The summed E-state index contributed by atoms with van der Waals surface area (Å²) in [5.74, 6) is -1.28. The zero-order valence-corrected chi connectivity index (χ0v) is 16.9. The second kappa shape index (κ2) is 7.89. The summed E-state index contributed by atoms with van der Waals surface area (Å²) in [4.78, 5) is 30.3. The number of nitrogens with zero attached hydrogens (tertiary/aromatic N) is 4. The molecule has 0 spiro atoms. The van der Waals surface area contributed by atoms with E-state index in [-0.39, 0.29) is 28.6 Å². The van der Waals surface area contributed by atoms with E-state index in [9.17, 15) is 14.8 Å². The Morgan fingerprint density at radius 2 is 2.00 bits per heavy atom. The number of imidazole rings is 1. The van der Waals surface area contributed by atoms with Crippen molar-refractivity contribution in [2.75, 3.05) is 11.7 Å². The molecule has 0 fully saturated rings. The van der Waals surface area contributed by atoms with Gasteiger partial charge in [0.05, 0.1) is 0 Å². The van der Waals surface area contributed by atoms with Crippen molar-refractivity contribution in [3.8, 4) is 17.4 Å². The minimum Gasteiger partial charge on any atom is -0.502 e. The molecule has 0 unspecified atom stereocenters. The minimum atomic E-state index is -4.39. The first-order chi connectivity index (χ1) is 14.2. The van der Waals surface area contributed by atoms with Gasteiger partial charge in [-0.2, -0.15) is 9.97 Å². The Labute approximate surface area is 174 Å². The molecule has 14 heteroatoms. The number of aromatic nitrogens is 4. The van der Waals surface area contributed by atoms with Gasteiger partial charge in [-0.1, -0.05) is 12.2 Å². The number of nitrogens with one attached hydrogen (secondary N) is 1. The molecule has 3 heterocycles. The third-order valence-corrected chi connectivity index (χ3v) is 5.03. The van der Waals surface area contributed by atoms with Gasteiger partial charge in [0, 0.05) is 6.04 Å². The Bertz CT molecular complexity index is 1160. The molecule has 30 heavy (non-hydrogen) atoms. The Hall–Kier alpha value is -2.63. The molecule has 0 saturated heterocycles. The van der Waals surface area contributed by atoms with E-state index in [1.807, 2.05) is 0 Å². The van der Waals surface area contributed by atoms with Crippen molar-refractivity contribution in [1.82, 2.24) is 19.5 Å². The molecule has 1 aliphatic rings. The highest BCUT2D eigenvalue weighted by atomic mass is 35.5. The van der Waals surface area contributed by atoms with Crippen LogP contribution in [0.5, 0.6) is 11.5 Å². The summed E-state index contributed by atoms with van der Waals surface area (Å²) in [5.41, 5.74) is 0.594. The number of hydrogen-bond acceptors (Lipinski definition) is 9. The van der Waals surface area contributed by atoms with Crippen molar-refractivity contribution in [1.29, 1.82) is 0 Å². The van der Waals surface area contributed by atoms with E-state index in [1.54, 1.807) is 0 Å². The van der Waals surface area contributed by atoms with E-state index in [0.717, 1.165) is 12.8 Å². The predicted octanol–water partition coefficient (Wildman–Crippen LogP) is 2.26. The quantitative estimate of drug-likeness (QED) is 0.200. The highest BCUT2D eigenvalue weighted by Gasteiger charge is 2.25. The monoisotopic (exact) mass is 457 g/mol. The number of hydrogen-bond donors (Lipinski definition) is 5. The Morgan fingerprint density at radius 1 is 1.27 bits per heavy atom. The standard InChI is InChI=1S/C16H17ClN5O7P/c17-16-20-13(19-8-3-1-2-4-8)10-14(21-16)22(6-18-10)15-12(24)11(23)9(29-15)5-28-7-30(25,26)27/h1-2,6,8,23-24H,3-5,7H2,(H,19,20,21)(H2,25,26,27). The van der Waals surface area contributed by atoms with Crippen molar-refractivity contribution in [3.05, 3.63) is 29.5 Å². The van der Waals surface area contributed by atoms with Gasteiger partial charge in [0.2, 0.25) is 16.8 Å². The molecule has 1 aliphatic carbocycles. The van der Waals surface area contributed by atoms with E-state index >= 15 is 0 Å². The van der Waals surface area contributed by atoms with E-state index < -0.39 is 32.0 Å². The van der Waals surface area contributed by atoms with Crippen molar-refractivity contribution in [3.63, 3.8) is 0 Å². The van der Waals surface area contributed by atoms with Crippen LogP contribution in [0.15, 0.2) is 22.9 Å². The molecule has 0 bridgehead atoms. The maximum absolute atomic E-state index is 10.9. The van der Waals surface area contributed by atoms with Gasteiger partial charge >= 0.3 is 7.60 Å². The van der Waals surface area contributed by atoms with Crippen LogP contribution in [-0.4, -0.2) is 51.9 Å². The van der Waals surface area contributed by atoms with Crippen LogP contribution in [0.2, 0.25) is 5.28 Å². The van der Waals surface area contributed by atoms with Crippen molar-refractivity contribution < 1.29 is 33.7 Å². The molecular weight excluding hydrogens is 441 g/mol. The van der Waals surface area contributed by atoms with Crippen LogP contribution in [0.1, 0.15) is 18.6 Å². The van der Waals surface area contributed by atoms with Gasteiger partial charge in [0.1, 0.15) is 19.3 Å². The Balaban J connectivity index is 1.67. The minimum absolute atomic E-state index is 0.0572. The van der Waals surface area contributed by atoms with Gasteiger partial charge in [-0.3, -0.25) is 4.57 Å². The van der Waals surface area contributed by atoms with Crippen LogP contribution in [0, 0.1) is 0 Å². The van der Waals surface area contributed by atoms with Crippen molar-refractivity contribution >= 4 is 36.2 Å². The topological polar surface area (TPSA) is 176 Å². The van der Waals surface area contributed by atoms with Crippen LogP contribution in [0.4, 0.5) is 5.82 Å². The summed E-state index contributed by atoms with van der Waals surface area (Å²) in [6, 6.07) is 0.142. The molecule has 5 N–H and O–H groups in total. The zero-order chi connectivity index (χ0) is 21.5. The number of furan rings is 1. The molecule has 0 atom stereocenters. The maximum atomic E-state index is 10.9. The number of aromatic hydroxyl groups is 2. The molecule has 3 aromatic rings. The normalized spacial score (nSPS) is 14.8. The number of anilines is 1. The van der Waals surface area contributed by atoms with Crippen LogP contribution in [-0.2, 0) is 15.9 Å². The average Bonchev–Trinajstić information content (AvgIpc) is 3.37. The lowest BCUT2D eigenvalue weighted by Crippen LogP contribution is -2.16. The molecule has 0 amide bonds. The molecule has 3 aromatic heterocycles. The van der Waals surface area contributed by atoms with Crippen LogP contribution in [0.3, 0.4) is 0 Å². The first-order valence-electron chi connectivity index (χ1n) is 8.71. The van der Waals surface area contributed by atoms with Gasteiger partial charge in [-0.15, -0.1) is 0 Å². The lowest BCUT2D eigenvalue weighted by Gasteiger charge is -2.13. The molecule has 0 radical (unpaired) electrons. The molecule has 12 nitrogen and oxygen atoms in total. The molecule has 0 aromatic carbocycles. The number of fused-ring (bicyclic) bond motifs is 1. The van der Waals surface area contributed by atoms with Crippen molar-refractivity contribution in [2.45, 2.75) is 25.5 Å². The summed E-state index contributed by atoms with van der Waals surface area (Å²) in [6.45, 7) is -0.478. The molecule has 0 aliphatic heterocycles. The molecule has 4 rings (SSSR count). The number of ether oxygens (including phenoxy) is 1. The maximum Gasteiger partial charge on any atom is 0.350 e. The lowest BCUT2D eigenvalue weighted by molar-refractivity contribution is 0.126. The fourth-order valence-corrected chi connectivity index (χ4v) is 3.51. The summed E-state index contributed by atoms with van der Waals surface area (Å²) in [5, 5.41) is 23.6. The van der Waals surface area contributed by atoms with Crippen LogP contribution in [0.25, 0.3) is 17.0 Å². The van der Waals surface area contributed by atoms with E-state index in [0.29, 0.717) is 11.3 Å². The van der Waals surface area contributed by atoms with Gasteiger partial charge in [-0.05, 0) is 24.4 Å². The SMILES string of the molecule is O=P(O)(O)COCc1oc(-n2cnc3c(NC4CC=CC4)nc(Cl)nc32)c(O)c1O. The zero-order valence-electron chi connectivity index (χ0n) is 15.3. The summed E-state index contributed by atoms with van der Waals surface area (Å²) in [7, 11) is -4.39. The fraction of sp³-hybridized carbons (Fsp3) is 0.312. The number of halogens is 1. The second-order valence-corrected chi connectivity index (χ2v) is 8.51. The average molecular weight is 458 g/mol. The Kier molecular flexibility index (Phi) is 5.43. The van der Waals surface area contributed by atoms with Gasteiger partial charge < -0.3 is 34.5 Å². The molecular formula is C16H17ClN5O7P. The van der Waals surface area contributed by atoms with Crippen LogP contribution < -0.4 is 5.32 Å². The highest BCUT2D eigenvalue weighted by molar-refractivity contribution is 7.51. The second-order valence-electron chi connectivity index (χ2n) is 6.58. The van der Waals surface area contributed by atoms with Gasteiger partial charge in [-0.25, -0.2) is 9.55 Å². The van der Waals surface area contributed by atoms with Gasteiger partial charge in [0.15, 0.2) is 22.7 Å². The van der Waals surface area contributed by atoms with Crippen LogP contribution >= 0.6 is 19.2 Å². The summed E-state index contributed by atoms with van der Waals surface area (Å²) < 4.78 is 22.4. The predicted molar refractivity (Wildman–Crippen MR) is 105 cm³/mol. The molecule has 0 saturated carbocycles. The van der Waals surface area contributed by atoms with Gasteiger partial charge in [0.25, 0.3) is 5.88 Å². The van der Waals surface area contributed by atoms with E-state index in [4.69, 9.17) is 30.5 Å². The highest BCUT2D eigenvalue weighted by Crippen LogP contribution is 2.41. The fourth-order valence-electron chi connectivity index (χ4n) is 3.02. The smallest absolute Gasteiger partial charge is 0.350 e. The van der Waals surface area contributed by atoms with E-state index in [2.05, 4.69) is 32.4 Å². The first kappa shape index (κ1) is 20.6. The summed E-state index contributed by atoms with van der Waals surface area (Å²) in [6.07, 6.45) is 6.20. The molecule has 160 valence electrons. The third-order valence-electron chi connectivity index (χ3n) is 4.34. The third kappa shape index (κ3) is 4.13. The lowest BCUT2D eigenvalue weighted by atomic mass is 10.2. The number of rotatable bonds is 7. The largest absolute Gasteiger partial charge is 0.502 e. The van der Waals surface area contributed by atoms with Crippen molar-refractivity contribution in [2.24, 2.45) is 0 Å². The first-order valence-corrected chi connectivity index (χ1v) is 10.9. The summed E-state index contributed by atoms with van der Waals surface area (Å²) >= 11 is 6.06. The Morgan fingerprint density at radius 3 is 2.70 bits per heavy atom.